The molecule has 0 aromatic heterocycles. The Bertz CT molecular complexity index is 499. The molecule has 2 rings (SSSR count). The number of nitrogens with one attached hydrogen (secondary N) is 1. The van der Waals surface area contributed by atoms with E-state index in [0.29, 0.717) is 0 Å². The van der Waals surface area contributed by atoms with E-state index in [2.05, 4.69) is 38.3 Å². The molecule has 0 aliphatic carbocycles. The predicted octanol–water partition coefficient (Wildman–Crippen LogP) is 3.55. The van der Waals surface area contributed by atoms with Crippen LogP contribution in [0.4, 0.5) is 4.79 Å². The molecule has 1 aliphatic heterocycles. The number of alkyl carbamates (subject to hydrolysis) is 1. The molecule has 1 saturated heterocycles. The second-order valence-electron chi connectivity index (χ2n) is 6.46. The highest BCUT2D eigenvalue weighted by atomic mass is 79.9. The van der Waals surface area contributed by atoms with Gasteiger partial charge in [0.15, 0.2) is 0 Å². The van der Waals surface area contributed by atoms with Crippen LogP contribution < -0.4 is 5.32 Å². The van der Waals surface area contributed by atoms with Crippen LogP contribution >= 0.6 is 15.9 Å². The summed E-state index contributed by atoms with van der Waals surface area (Å²) in [7, 11) is 0. The number of carbonyl (C=O) groups excluding carboxylic acids is 1. The molecule has 0 spiro atoms. The summed E-state index contributed by atoms with van der Waals surface area (Å²) >= 11 is 3.58. The highest BCUT2D eigenvalue weighted by Crippen LogP contribution is 2.20. The summed E-state index contributed by atoms with van der Waals surface area (Å²) in [6.07, 6.45) is 0.638. The van der Waals surface area contributed by atoms with Crippen molar-refractivity contribution in [3.63, 3.8) is 0 Å². The first-order valence-corrected chi connectivity index (χ1v) is 8.08. The van der Waals surface area contributed by atoms with Gasteiger partial charge in [0.1, 0.15) is 5.60 Å². The molecule has 5 heteroatoms. The fourth-order valence-corrected chi connectivity index (χ4v) is 2.85. The van der Waals surface area contributed by atoms with E-state index in [1.165, 1.54) is 5.56 Å². The van der Waals surface area contributed by atoms with Crippen LogP contribution in [0.3, 0.4) is 0 Å². The number of ether oxygens (including phenoxy) is 1. The molecule has 1 amide bonds. The van der Waals surface area contributed by atoms with E-state index in [-0.39, 0.29) is 12.1 Å². The third-order valence-electron chi connectivity index (χ3n) is 3.35. The number of hydrogen-bond donors (Lipinski definition) is 1. The fourth-order valence-electron chi connectivity index (χ4n) is 2.44. The number of amides is 1. The molecule has 1 N–H and O–H groups in total. The number of halogens is 1. The average Bonchev–Trinajstić information content (AvgIpc) is 2.77. The predicted molar refractivity (Wildman–Crippen MR) is 87.2 cm³/mol. The van der Waals surface area contributed by atoms with Gasteiger partial charge in [0.2, 0.25) is 0 Å². The fraction of sp³-hybridized carbons (Fsp3) is 0.562. The zero-order valence-corrected chi connectivity index (χ0v) is 14.4. The van der Waals surface area contributed by atoms with E-state index < -0.39 is 5.60 Å². The smallest absolute Gasteiger partial charge is 0.407 e. The third kappa shape index (κ3) is 5.32. The molecule has 1 heterocycles. The lowest BCUT2D eigenvalue weighted by Gasteiger charge is -2.22. The normalized spacial score (nSPS) is 19.5. The highest BCUT2D eigenvalue weighted by Gasteiger charge is 2.26. The standard InChI is InChI=1S/C16H23BrN2O2/c1-16(2,3)21-15(20)18-13-8-9-19(11-13)10-12-6-4-5-7-14(12)17/h4-7,13H,8-11H2,1-3H3,(H,18,20)/t13-/m0/s1. The van der Waals surface area contributed by atoms with Crippen LogP contribution in [-0.4, -0.2) is 35.7 Å². The second-order valence-corrected chi connectivity index (χ2v) is 7.31. The van der Waals surface area contributed by atoms with Gasteiger partial charge < -0.3 is 10.1 Å². The van der Waals surface area contributed by atoms with Crippen LogP contribution in [0, 0.1) is 0 Å². The lowest BCUT2D eigenvalue weighted by molar-refractivity contribution is 0.0506. The number of carbonyl (C=O) groups is 1. The van der Waals surface area contributed by atoms with Crippen LogP contribution in [0.2, 0.25) is 0 Å². The van der Waals surface area contributed by atoms with E-state index >= 15 is 0 Å². The summed E-state index contributed by atoms with van der Waals surface area (Å²) in [5.74, 6) is 0. The lowest BCUT2D eigenvalue weighted by atomic mass is 10.2. The van der Waals surface area contributed by atoms with Gasteiger partial charge >= 0.3 is 6.09 Å². The van der Waals surface area contributed by atoms with Crippen LogP contribution in [0.1, 0.15) is 32.8 Å². The quantitative estimate of drug-likeness (QED) is 0.902. The Morgan fingerprint density at radius 3 is 2.81 bits per heavy atom. The zero-order valence-electron chi connectivity index (χ0n) is 12.9. The number of benzene rings is 1. The summed E-state index contributed by atoms with van der Waals surface area (Å²) in [5, 5.41) is 2.95. The zero-order chi connectivity index (χ0) is 15.5. The van der Waals surface area contributed by atoms with Gasteiger partial charge in [-0.2, -0.15) is 0 Å². The maximum Gasteiger partial charge on any atom is 0.407 e. The molecule has 1 atom stereocenters. The Labute approximate surface area is 135 Å². The molecule has 116 valence electrons. The summed E-state index contributed by atoms with van der Waals surface area (Å²) in [5.41, 5.74) is 0.826. The van der Waals surface area contributed by atoms with Crippen LogP contribution in [0.25, 0.3) is 0 Å². The number of rotatable bonds is 3. The van der Waals surface area contributed by atoms with Crippen LogP contribution in [0.5, 0.6) is 0 Å². The van der Waals surface area contributed by atoms with Gasteiger partial charge in [0, 0.05) is 30.1 Å². The first-order valence-electron chi connectivity index (χ1n) is 7.29. The molecule has 0 radical (unpaired) electrons. The van der Waals surface area contributed by atoms with Crippen molar-refractivity contribution in [2.75, 3.05) is 13.1 Å². The van der Waals surface area contributed by atoms with Crippen molar-refractivity contribution < 1.29 is 9.53 Å². The summed E-state index contributed by atoms with van der Waals surface area (Å²) in [4.78, 5) is 14.1. The SMILES string of the molecule is CC(C)(C)OC(=O)N[C@H]1CCN(Cc2ccccc2Br)C1. The van der Waals surface area contributed by atoms with Gasteiger partial charge in [-0.3, -0.25) is 4.90 Å². The van der Waals surface area contributed by atoms with E-state index in [1.807, 2.05) is 32.9 Å². The first kappa shape index (κ1) is 16.3. The largest absolute Gasteiger partial charge is 0.444 e. The monoisotopic (exact) mass is 354 g/mol. The van der Waals surface area contributed by atoms with Gasteiger partial charge in [-0.25, -0.2) is 4.79 Å². The minimum absolute atomic E-state index is 0.169. The molecule has 1 aromatic carbocycles. The Hall–Kier alpha value is -1.07. The molecule has 1 aromatic rings. The van der Waals surface area contributed by atoms with E-state index in [9.17, 15) is 4.79 Å². The number of likely N-dealkylation sites (tertiary alicyclic amines) is 1. The maximum absolute atomic E-state index is 11.8. The average molecular weight is 355 g/mol. The first-order chi connectivity index (χ1) is 9.83. The van der Waals surface area contributed by atoms with Gasteiger partial charge in [0.25, 0.3) is 0 Å². The molecule has 0 unspecified atom stereocenters. The van der Waals surface area contributed by atoms with Crippen LogP contribution in [-0.2, 0) is 11.3 Å². The van der Waals surface area contributed by atoms with Gasteiger partial charge in [-0.05, 0) is 38.8 Å². The van der Waals surface area contributed by atoms with Crippen molar-refractivity contribution in [2.24, 2.45) is 0 Å². The van der Waals surface area contributed by atoms with Crippen LogP contribution in [0.15, 0.2) is 28.7 Å². The van der Waals surface area contributed by atoms with Crippen molar-refractivity contribution in [2.45, 2.75) is 45.4 Å². The van der Waals surface area contributed by atoms with Gasteiger partial charge in [-0.15, -0.1) is 0 Å². The number of nitrogens with zero attached hydrogens (tertiary/aromatic N) is 1. The molecule has 1 aliphatic rings. The molecular formula is C16H23BrN2O2. The maximum atomic E-state index is 11.8. The topological polar surface area (TPSA) is 41.6 Å². The Morgan fingerprint density at radius 2 is 2.14 bits per heavy atom. The summed E-state index contributed by atoms with van der Waals surface area (Å²) in [6, 6.07) is 8.42. The van der Waals surface area contributed by atoms with Gasteiger partial charge in [0.05, 0.1) is 0 Å². The summed E-state index contributed by atoms with van der Waals surface area (Å²) < 4.78 is 6.43. The van der Waals surface area contributed by atoms with E-state index in [1.54, 1.807) is 0 Å². The number of hydrogen-bond acceptors (Lipinski definition) is 3. The van der Waals surface area contributed by atoms with E-state index in [0.717, 1.165) is 30.5 Å². The highest BCUT2D eigenvalue weighted by molar-refractivity contribution is 9.10. The van der Waals surface area contributed by atoms with Crippen molar-refractivity contribution >= 4 is 22.0 Å². The Balaban J connectivity index is 1.81. The second kappa shape index (κ2) is 6.79. The van der Waals surface area contributed by atoms with Gasteiger partial charge in [-0.1, -0.05) is 34.1 Å². The molecule has 0 bridgehead atoms. The minimum atomic E-state index is -0.447. The Morgan fingerprint density at radius 1 is 1.43 bits per heavy atom. The van der Waals surface area contributed by atoms with E-state index in [4.69, 9.17) is 4.74 Å². The molecule has 1 fully saturated rings. The summed E-state index contributed by atoms with van der Waals surface area (Å²) in [6.45, 7) is 8.37. The third-order valence-corrected chi connectivity index (χ3v) is 4.12. The Kier molecular flexibility index (Phi) is 5.27. The van der Waals surface area contributed by atoms with Crippen molar-refractivity contribution in [3.05, 3.63) is 34.3 Å². The molecule has 21 heavy (non-hydrogen) atoms. The molecule has 4 nitrogen and oxygen atoms in total. The molecule has 0 saturated carbocycles. The van der Waals surface area contributed by atoms with Crippen molar-refractivity contribution in [3.8, 4) is 0 Å². The lowest BCUT2D eigenvalue weighted by Crippen LogP contribution is -2.40. The minimum Gasteiger partial charge on any atom is -0.444 e. The van der Waals surface area contributed by atoms with Crippen molar-refractivity contribution in [1.29, 1.82) is 0 Å². The van der Waals surface area contributed by atoms with Crippen molar-refractivity contribution in [1.82, 2.24) is 10.2 Å². The molecular weight excluding hydrogens is 332 g/mol.